The smallest absolute Gasteiger partial charge is 0.411 e. The van der Waals surface area contributed by atoms with Crippen molar-refractivity contribution in [2.75, 3.05) is 96.3 Å². The van der Waals surface area contributed by atoms with Gasteiger partial charge in [0.25, 0.3) is 11.8 Å². The van der Waals surface area contributed by atoms with Crippen LogP contribution >= 0.6 is 0 Å². The number of primary amides is 1. The number of benzene rings is 2. The summed E-state index contributed by atoms with van der Waals surface area (Å²) < 4.78 is 80.9. The number of ketones is 1. The van der Waals surface area contributed by atoms with Gasteiger partial charge in [-0.05, 0) is 117 Å². The van der Waals surface area contributed by atoms with Gasteiger partial charge in [0.05, 0.1) is 84.3 Å². The molecule has 2 aromatic rings. The number of hydrogen-bond acceptors (Lipinski definition) is 24. The van der Waals surface area contributed by atoms with E-state index < -0.39 is 199 Å². The number of alkyl halides is 2. The highest BCUT2D eigenvalue weighted by molar-refractivity contribution is 6.13. The molecule has 4 fully saturated rings. The van der Waals surface area contributed by atoms with Crippen LogP contribution in [0.5, 0.6) is 5.75 Å². The molecule has 15 N–H and O–H groups in total. The molecule has 2 aromatic carbocycles. The summed E-state index contributed by atoms with van der Waals surface area (Å²) in [6.07, 6.45) is -6.04. The molecule has 618 valence electrons. The van der Waals surface area contributed by atoms with Gasteiger partial charge in [0.2, 0.25) is 35.3 Å². The lowest BCUT2D eigenvalue weighted by molar-refractivity contribution is -0.234. The first-order valence-electron chi connectivity index (χ1n) is 37.7. The van der Waals surface area contributed by atoms with Crippen molar-refractivity contribution in [2.24, 2.45) is 34.3 Å². The number of nitrogens with two attached hydrogens (primary N) is 1. The van der Waals surface area contributed by atoms with Crippen LogP contribution in [-0.4, -0.2) is 259 Å². The van der Waals surface area contributed by atoms with Crippen molar-refractivity contribution in [2.45, 2.75) is 184 Å². The van der Waals surface area contributed by atoms with Gasteiger partial charge in [-0.3, -0.25) is 48.6 Å². The molecule has 10 amide bonds. The minimum absolute atomic E-state index is 0.00399. The van der Waals surface area contributed by atoms with Crippen molar-refractivity contribution < 1.29 is 125 Å². The Bertz CT molecular complexity index is 3710. The van der Waals surface area contributed by atoms with Gasteiger partial charge in [0.1, 0.15) is 61.6 Å². The lowest BCUT2D eigenvalue weighted by atomic mass is 9.44. The number of nitrogens with zero attached hydrogens (tertiary/aromatic N) is 1. The zero-order valence-corrected chi connectivity index (χ0v) is 63.6. The Hall–Kier alpha value is -8.72. The highest BCUT2D eigenvalue weighted by atomic mass is 19.1. The molecular formula is C77H107F2N9O24. The summed E-state index contributed by atoms with van der Waals surface area (Å²) in [7, 11) is 0. The SMILES string of the molecule is C=C1C=C[C@@]2(C)C(=C1)[C@@H](F)C[C@H]1[C@@H]3C[C@H]4OC(CCC)O[C@@]4(C(=O)COc4ccc(NC(=O)OCc5ccc(NC(=O)[C@H](CCCNC(N)=O)NC(=O)[C@@H](NC(=O)[C@@H](CCC(=O)NC[C@H](O)[C@@H](O)[C@H](O)[C@H](O)CO)NC(=O)CCOCCOCCOCCOCCN6C(=O)C=CC6=O)C(C)C)cc5)cc4)[C@@]3(C)C[C@H](O)[C@@]12F. The molecule has 3 saturated carbocycles. The lowest BCUT2D eigenvalue weighted by Gasteiger charge is -2.63. The second-order valence-corrected chi connectivity index (χ2v) is 29.4. The molecule has 1 unspecified atom stereocenters. The van der Waals surface area contributed by atoms with Gasteiger partial charge in [0.15, 0.2) is 17.6 Å². The Morgan fingerprint density at radius 3 is 1.98 bits per heavy atom. The van der Waals surface area contributed by atoms with Gasteiger partial charge in [-0.1, -0.05) is 71.1 Å². The van der Waals surface area contributed by atoms with Crippen LogP contribution in [0.25, 0.3) is 0 Å². The third-order valence-electron chi connectivity index (χ3n) is 21.5. The van der Waals surface area contributed by atoms with Crippen LogP contribution in [0.3, 0.4) is 0 Å². The Morgan fingerprint density at radius 1 is 0.732 bits per heavy atom. The van der Waals surface area contributed by atoms with Crippen molar-refractivity contribution in [3.8, 4) is 5.75 Å². The van der Waals surface area contributed by atoms with Crippen LogP contribution in [0.15, 0.2) is 96.6 Å². The van der Waals surface area contributed by atoms with E-state index in [1.54, 1.807) is 51.1 Å². The molecular weight excluding hydrogens is 1470 g/mol. The molecule has 35 heteroatoms. The fraction of sp³-hybridized carbons (Fsp3) is 0.610. The quantitative estimate of drug-likeness (QED) is 0.0332. The number of hydrogen-bond donors (Lipinski definition) is 14. The number of imide groups is 1. The van der Waals surface area contributed by atoms with Crippen molar-refractivity contribution in [3.05, 3.63) is 102 Å². The molecule has 4 aliphatic carbocycles. The molecule has 0 bridgehead atoms. The van der Waals surface area contributed by atoms with Gasteiger partial charge in [-0.15, -0.1) is 0 Å². The topological polar surface area (TPSA) is 479 Å². The normalized spacial score (nSPS) is 26.0. The maximum Gasteiger partial charge on any atom is 0.411 e. The van der Waals surface area contributed by atoms with Gasteiger partial charge in [-0.25, -0.2) is 18.4 Å². The van der Waals surface area contributed by atoms with Crippen molar-refractivity contribution in [1.82, 2.24) is 31.5 Å². The van der Waals surface area contributed by atoms with Crippen LogP contribution in [0.1, 0.15) is 104 Å². The summed E-state index contributed by atoms with van der Waals surface area (Å²) in [5.74, 6) is -7.29. The minimum atomic E-state index is -2.27. The molecule has 8 rings (SSSR count). The number of allylic oxidation sites excluding steroid dienone is 5. The van der Waals surface area contributed by atoms with E-state index in [-0.39, 0.29) is 128 Å². The molecule has 2 aliphatic heterocycles. The Labute approximate surface area is 647 Å². The van der Waals surface area contributed by atoms with Crippen LogP contribution < -0.4 is 47.7 Å². The molecule has 6 aliphatic rings. The molecule has 0 spiro atoms. The number of Topliss-reactive ketones (excluding diaryl/α,β-unsaturated/α-hetero) is 1. The number of rotatable bonds is 45. The van der Waals surface area contributed by atoms with E-state index in [0.29, 0.717) is 29.7 Å². The average molecular weight is 1580 g/mol. The first kappa shape index (κ1) is 88.8. The highest BCUT2D eigenvalue weighted by Crippen LogP contribution is 2.72. The van der Waals surface area contributed by atoms with Gasteiger partial charge in [-0.2, -0.15) is 0 Å². The van der Waals surface area contributed by atoms with Crippen molar-refractivity contribution in [3.63, 3.8) is 0 Å². The van der Waals surface area contributed by atoms with Gasteiger partial charge in [0, 0.05) is 66.2 Å². The number of ether oxygens (including phenoxy) is 8. The monoisotopic (exact) mass is 1580 g/mol. The summed E-state index contributed by atoms with van der Waals surface area (Å²) in [6.45, 7) is 11.3. The molecule has 1 saturated heterocycles. The number of halogens is 2. The minimum Gasteiger partial charge on any atom is -0.486 e. The fourth-order valence-corrected chi connectivity index (χ4v) is 15.4. The summed E-state index contributed by atoms with van der Waals surface area (Å²) in [5.41, 5.74) is 0.518. The maximum atomic E-state index is 18.1. The number of urea groups is 1. The second-order valence-electron chi connectivity index (χ2n) is 29.4. The third-order valence-corrected chi connectivity index (χ3v) is 21.5. The van der Waals surface area contributed by atoms with Crippen LogP contribution in [0, 0.1) is 28.6 Å². The second kappa shape index (κ2) is 40.8. The standard InChI is InChI=1S/C77H107F2N9O24/c1-7-9-65-111-60-38-50-51-37-53(78)52-36-45(4)23-25-74(52,5)76(51,79)58(92)39-75(50,6)77(60,112-65)59(93)43-109-49-17-15-48(16-18-49)84-73(104)110-42-46-11-13-47(14-12-46)83-69(100)54(10-8-26-81-72(80)103)86-71(102)66(44(2)3)87-70(101)55(19-20-61(94)82-40-56(90)67(98)68(99)57(91)41-89)85-62(95)24-28-105-30-32-107-34-35-108-33-31-106-29-27-88-63(96)21-22-64(88)97/h11-18,21-23,25,36,44,50-51,53-58,60,65-68,89-92,98-99H,4,7-10,19-20,24,26-35,37-43H2,1-3,5-6H3,(H,82,94)(H,83,100)(H,84,104)(H,85,95)(H,86,102)(H,87,101)(H3,80,81,103)/t50-,51-,53-,54-,55+,56-,57+,58-,60+,65?,66-,67+,68+,74-,75-,76-,77+/m0/s1. The fourth-order valence-electron chi connectivity index (χ4n) is 15.4. The van der Waals surface area contributed by atoms with Crippen LogP contribution in [-0.2, 0) is 78.1 Å². The number of amides is 10. The van der Waals surface area contributed by atoms with E-state index >= 15 is 8.78 Å². The molecule has 0 aromatic heterocycles. The number of carbonyl (C=O) groups excluding carboxylic acids is 10. The van der Waals surface area contributed by atoms with Gasteiger partial charge >= 0.3 is 12.1 Å². The number of aliphatic hydroxyl groups excluding tert-OH is 6. The van der Waals surface area contributed by atoms with Gasteiger partial charge < -0.3 is 106 Å². The largest absolute Gasteiger partial charge is 0.486 e. The van der Waals surface area contributed by atoms with E-state index in [9.17, 15) is 73.5 Å². The Morgan fingerprint density at radius 2 is 1.35 bits per heavy atom. The number of carbonyl (C=O) groups is 10. The summed E-state index contributed by atoms with van der Waals surface area (Å²) in [6, 6.07) is 7.24. The molecule has 0 radical (unpaired) electrons. The van der Waals surface area contributed by atoms with E-state index in [4.69, 9.17) is 48.7 Å². The van der Waals surface area contributed by atoms with Crippen molar-refractivity contribution in [1.29, 1.82) is 0 Å². The number of aliphatic hydroxyl groups is 6. The lowest BCUT2D eigenvalue weighted by Crippen LogP contribution is -2.70. The summed E-state index contributed by atoms with van der Waals surface area (Å²) in [4.78, 5) is 133. The zero-order valence-electron chi connectivity index (χ0n) is 63.6. The first-order chi connectivity index (χ1) is 53.3. The number of anilines is 2. The summed E-state index contributed by atoms with van der Waals surface area (Å²) in [5, 5.41) is 79.4. The predicted octanol–water partition coefficient (Wildman–Crippen LogP) is 1.79. The number of nitrogens with one attached hydrogen (secondary N) is 7. The Balaban J connectivity index is 0.811. The van der Waals surface area contributed by atoms with E-state index in [0.717, 1.165) is 4.90 Å². The number of fused-ring (bicyclic) bond motifs is 7. The summed E-state index contributed by atoms with van der Waals surface area (Å²) >= 11 is 0. The van der Waals surface area contributed by atoms with Crippen LogP contribution in [0.2, 0.25) is 0 Å². The highest BCUT2D eigenvalue weighted by Gasteiger charge is 2.80. The van der Waals surface area contributed by atoms with E-state index in [1.165, 1.54) is 48.6 Å². The third kappa shape index (κ3) is 22.0. The van der Waals surface area contributed by atoms with E-state index in [2.05, 4.69) is 43.8 Å². The maximum absolute atomic E-state index is 18.1. The molecule has 112 heavy (non-hydrogen) atoms. The Kier molecular flexibility index (Phi) is 32.4. The predicted molar refractivity (Wildman–Crippen MR) is 396 cm³/mol. The molecule has 2 heterocycles. The average Bonchev–Trinajstić information content (AvgIpc) is 1.47. The molecule has 17 atom stereocenters. The first-order valence-corrected chi connectivity index (χ1v) is 37.7. The zero-order chi connectivity index (χ0) is 81.7. The van der Waals surface area contributed by atoms with E-state index in [1.807, 2.05) is 13.8 Å². The van der Waals surface area contributed by atoms with Crippen molar-refractivity contribution >= 4 is 70.6 Å². The molecule has 33 nitrogen and oxygen atoms in total. The van der Waals surface area contributed by atoms with Crippen LogP contribution in [0.4, 0.5) is 29.7 Å².